The molecule has 21 heavy (non-hydrogen) atoms. The molecule has 1 aliphatic rings. The lowest BCUT2D eigenvalue weighted by molar-refractivity contribution is -0.137. The second kappa shape index (κ2) is 7.24. The first kappa shape index (κ1) is 16.3. The maximum atomic E-state index is 12.7. The van der Waals surface area contributed by atoms with E-state index in [0.29, 0.717) is 31.6 Å². The summed E-state index contributed by atoms with van der Waals surface area (Å²) in [5.74, 6) is 0. The maximum Gasteiger partial charge on any atom is 0.416 e. The van der Waals surface area contributed by atoms with Crippen LogP contribution in [0.15, 0.2) is 24.3 Å². The van der Waals surface area contributed by atoms with Crippen LogP contribution in [0.1, 0.15) is 17.5 Å². The molecule has 1 N–H and O–H groups in total. The molecule has 0 bridgehead atoms. The molecule has 0 aromatic heterocycles. The molecule has 0 spiro atoms. The molecule has 1 atom stereocenters. The summed E-state index contributed by atoms with van der Waals surface area (Å²) in [6.45, 7) is 3.01. The monoisotopic (exact) mass is 303 g/mol. The van der Waals surface area contributed by atoms with Gasteiger partial charge in [0.2, 0.25) is 0 Å². The van der Waals surface area contributed by atoms with Crippen molar-refractivity contribution >= 4 is 0 Å². The lowest BCUT2D eigenvalue weighted by atomic mass is 10.0. The van der Waals surface area contributed by atoms with E-state index in [1.807, 2.05) is 0 Å². The second-order valence-corrected chi connectivity index (χ2v) is 5.27. The van der Waals surface area contributed by atoms with Crippen molar-refractivity contribution in [1.82, 2.24) is 4.90 Å². The van der Waals surface area contributed by atoms with Gasteiger partial charge in [-0.3, -0.25) is 4.90 Å². The molecule has 0 radical (unpaired) electrons. The van der Waals surface area contributed by atoms with Crippen LogP contribution in [-0.2, 0) is 17.3 Å². The summed E-state index contributed by atoms with van der Waals surface area (Å²) in [7, 11) is 0. The first-order valence-electron chi connectivity index (χ1n) is 7.10. The van der Waals surface area contributed by atoms with Crippen molar-refractivity contribution in [2.45, 2.75) is 25.1 Å². The Kier molecular flexibility index (Phi) is 5.61. The average Bonchev–Trinajstić information content (AvgIpc) is 2.45. The number of nitrogens with zero attached hydrogens (tertiary/aromatic N) is 1. The van der Waals surface area contributed by atoms with Crippen molar-refractivity contribution < 1.29 is 23.0 Å². The van der Waals surface area contributed by atoms with E-state index in [9.17, 15) is 13.2 Å². The van der Waals surface area contributed by atoms with Crippen LogP contribution in [0, 0.1) is 0 Å². The topological polar surface area (TPSA) is 32.7 Å². The van der Waals surface area contributed by atoms with Crippen molar-refractivity contribution in [3.8, 4) is 0 Å². The Bertz CT molecular complexity index is 451. The molecule has 0 aliphatic carbocycles. The summed E-state index contributed by atoms with van der Waals surface area (Å²) < 4.78 is 43.7. The van der Waals surface area contributed by atoms with Gasteiger partial charge < -0.3 is 9.84 Å². The fourth-order valence-electron chi connectivity index (χ4n) is 2.54. The largest absolute Gasteiger partial charge is 0.416 e. The van der Waals surface area contributed by atoms with Gasteiger partial charge in [-0.25, -0.2) is 0 Å². The van der Waals surface area contributed by atoms with Crippen LogP contribution in [0.25, 0.3) is 0 Å². The van der Waals surface area contributed by atoms with Crippen LogP contribution in [-0.4, -0.2) is 49.0 Å². The number of alkyl halides is 3. The Morgan fingerprint density at radius 3 is 2.86 bits per heavy atom. The predicted molar refractivity (Wildman–Crippen MR) is 73.0 cm³/mol. The molecule has 1 aromatic carbocycles. The van der Waals surface area contributed by atoms with E-state index >= 15 is 0 Å². The van der Waals surface area contributed by atoms with E-state index in [0.717, 1.165) is 19.2 Å². The normalized spacial score (nSPS) is 20.7. The van der Waals surface area contributed by atoms with E-state index in [1.54, 1.807) is 6.07 Å². The number of aliphatic hydroxyl groups is 1. The van der Waals surface area contributed by atoms with E-state index < -0.39 is 11.7 Å². The zero-order valence-electron chi connectivity index (χ0n) is 11.8. The number of halogens is 3. The molecule has 6 heteroatoms. The minimum atomic E-state index is -4.31. The van der Waals surface area contributed by atoms with Gasteiger partial charge in [0.15, 0.2) is 0 Å². The smallest absolute Gasteiger partial charge is 0.396 e. The van der Waals surface area contributed by atoms with Crippen molar-refractivity contribution in [3.05, 3.63) is 35.4 Å². The molecular formula is C15H20F3NO2. The maximum absolute atomic E-state index is 12.7. The number of morpholine rings is 1. The Balaban J connectivity index is 1.95. The van der Waals surface area contributed by atoms with Gasteiger partial charge in [-0.2, -0.15) is 13.2 Å². The van der Waals surface area contributed by atoms with Crippen LogP contribution in [0.2, 0.25) is 0 Å². The van der Waals surface area contributed by atoms with Crippen molar-refractivity contribution in [2.75, 3.05) is 32.8 Å². The third-order valence-electron chi connectivity index (χ3n) is 3.57. The van der Waals surface area contributed by atoms with Crippen LogP contribution < -0.4 is 0 Å². The van der Waals surface area contributed by atoms with Crippen LogP contribution >= 0.6 is 0 Å². The molecule has 118 valence electrons. The molecule has 1 saturated heterocycles. The van der Waals surface area contributed by atoms with Gasteiger partial charge in [0.25, 0.3) is 0 Å². The highest BCUT2D eigenvalue weighted by atomic mass is 19.4. The van der Waals surface area contributed by atoms with Gasteiger partial charge >= 0.3 is 6.18 Å². The zero-order chi connectivity index (χ0) is 15.3. The minimum absolute atomic E-state index is 0.0964. The molecule has 0 unspecified atom stereocenters. The summed E-state index contributed by atoms with van der Waals surface area (Å²) in [6.07, 6.45) is -3.23. The lowest BCUT2D eigenvalue weighted by Crippen LogP contribution is -2.43. The summed E-state index contributed by atoms with van der Waals surface area (Å²) in [5.41, 5.74) is 0.0202. The zero-order valence-corrected chi connectivity index (χ0v) is 11.8. The SMILES string of the molecule is OCCCN1CCO[C@@H](Cc2cccc(C(F)(F)F)c2)C1. The standard InChI is InChI=1S/C15H20F3NO2/c16-15(17,18)13-4-1-3-12(9-13)10-14-11-19(5-2-7-20)6-8-21-14/h1,3-4,9,14,20H,2,5-8,10-11H2/t14-/m0/s1. The lowest BCUT2D eigenvalue weighted by Gasteiger charge is -2.33. The summed E-state index contributed by atoms with van der Waals surface area (Å²) in [4.78, 5) is 2.18. The molecular weight excluding hydrogens is 283 g/mol. The van der Waals surface area contributed by atoms with Gasteiger partial charge in [-0.15, -0.1) is 0 Å². The fraction of sp³-hybridized carbons (Fsp3) is 0.600. The predicted octanol–water partition coefficient (Wildman–Crippen LogP) is 2.33. The highest BCUT2D eigenvalue weighted by Gasteiger charge is 2.30. The minimum Gasteiger partial charge on any atom is -0.396 e. The van der Waals surface area contributed by atoms with Crippen molar-refractivity contribution in [1.29, 1.82) is 0 Å². The second-order valence-electron chi connectivity index (χ2n) is 5.27. The number of aliphatic hydroxyl groups excluding tert-OH is 1. The average molecular weight is 303 g/mol. The van der Waals surface area contributed by atoms with Crippen LogP contribution in [0.3, 0.4) is 0 Å². The van der Waals surface area contributed by atoms with Crippen molar-refractivity contribution in [2.24, 2.45) is 0 Å². The van der Waals surface area contributed by atoms with E-state index in [-0.39, 0.29) is 12.7 Å². The third kappa shape index (κ3) is 4.98. The van der Waals surface area contributed by atoms with Gasteiger partial charge in [0.1, 0.15) is 0 Å². The summed E-state index contributed by atoms with van der Waals surface area (Å²) in [6, 6.07) is 5.41. The first-order chi connectivity index (χ1) is 9.99. The Morgan fingerprint density at radius 2 is 2.14 bits per heavy atom. The fourth-order valence-corrected chi connectivity index (χ4v) is 2.54. The molecule has 1 aromatic rings. The summed E-state index contributed by atoms with van der Waals surface area (Å²) in [5, 5.41) is 8.84. The number of hydrogen-bond donors (Lipinski definition) is 1. The van der Waals surface area contributed by atoms with Gasteiger partial charge in [0.05, 0.1) is 18.3 Å². The first-order valence-corrected chi connectivity index (χ1v) is 7.10. The number of rotatable bonds is 5. The van der Waals surface area contributed by atoms with Gasteiger partial charge in [0, 0.05) is 26.2 Å². The molecule has 3 nitrogen and oxygen atoms in total. The number of ether oxygens (including phenoxy) is 1. The number of hydrogen-bond acceptors (Lipinski definition) is 3. The molecule has 0 amide bonds. The molecule has 2 rings (SSSR count). The quantitative estimate of drug-likeness (QED) is 0.906. The van der Waals surface area contributed by atoms with E-state index in [4.69, 9.17) is 9.84 Å². The molecule has 1 fully saturated rings. The van der Waals surface area contributed by atoms with Gasteiger partial charge in [-0.1, -0.05) is 18.2 Å². The van der Waals surface area contributed by atoms with Crippen LogP contribution in [0.5, 0.6) is 0 Å². The highest BCUT2D eigenvalue weighted by molar-refractivity contribution is 5.26. The third-order valence-corrected chi connectivity index (χ3v) is 3.57. The van der Waals surface area contributed by atoms with Gasteiger partial charge in [-0.05, 0) is 24.5 Å². The molecule has 0 saturated carbocycles. The van der Waals surface area contributed by atoms with E-state index in [2.05, 4.69) is 4.90 Å². The molecule has 1 heterocycles. The molecule has 1 aliphatic heterocycles. The Hall–Kier alpha value is -1.11. The Labute approximate surface area is 122 Å². The number of benzene rings is 1. The summed E-state index contributed by atoms with van der Waals surface area (Å²) >= 11 is 0. The van der Waals surface area contributed by atoms with Crippen LogP contribution in [0.4, 0.5) is 13.2 Å². The van der Waals surface area contributed by atoms with Crippen molar-refractivity contribution in [3.63, 3.8) is 0 Å². The van der Waals surface area contributed by atoms with E-state index in [1.165, 1.54) is 12.1 Å². The Morgan fingerprint density at radius 1 is 1.33 bits per heavy atom. The highest BCUT2D eigenvalue weighted by Crippen LogP contribution is 2.30.